The molecule has 22 heavy (non-hydrogen) atoms. The van der Waals surface area contributed by atoms with Crippen molar-refractivity contribution in [3.8, 4) is 0 Å². The lowest BCUT2D eigenvalue weighted by Gasteiger charge is -2.24. The quantitative estimate of drug-likeness (QED) is 0.251. The minimum atomic E-state index is -1.27. The van der Waals surface area contributed by atoms with Gasteiger partial charge in [-0.05, 0) is 39.7 Å². The number of carboxylic acid groups (broad SMARTS) is 1. The zero-order chi connectivity index (χ0) is 17.3. The Balaban J connectivity index is 4.76. The summed E-state index contributed by atoms with van der Waals surface area (Å²) in [5.41, 5.74) is 10.7. The summed E-state index contributed by atoms with van der Waals surface area (Å²) in [5.74, 6) is -2.58. The SMILES string of the molecule is C[C@H](N)C(=O)N[C@H](C(=O)N[C@@H](CCCCN)C(=O)O)[C@@H](C)O. The zero-order valence-electron chi connectivity index (χ0n) is 12.9. The van der Waals surface area contributed by atoms with Crippen molar-refractivity contribution in [3.63, 3.8) is 0 Å². The Hall–Kier alpha value is -1.71. The summed E-state index contributed by atoms with van der Waals surface area (Å²) >= 11 is 0. The molecule has 0 aliphatic heterocycles. The van der Waals surface area contributed by atoms with Crippen LogP contribution in [0.1, 0.15) is 33.1 Å². The van der Waals surface area contributed by atoms with Crippen LogP contribution in [-0.2, 0) is 14.4 Å². The van der Waals surface area contributed by atoms with Gasteiger partial charge in [-0.1, -0.05) is 0 Å². The van der Waals surface area contributed by atoms with Gasteiger partial charge in [0.05, 0.1) is 12.1 Å². The van der Waals surface area contributed by atoms with Gasteiger partial charge >= 0.3 is 5.97 Å². The van der Waals surface area contributed by atoms with Gasteiger partial charge in [-0.15, -0.1) is 0 Å². The van der Waals surface area contributed by atoms with Crippen LogP contribution in [0, 0.1) is 0 Å². The normalized spacial score (nSPS) is 16.2. The number of aliphatic hydroxyl groups is 1. The molecule has 0 saturated heterocycles. The van der Waals surface area contributed by atoms with Crippen molar-refractivity contribution in [1.82, 2.24) is 10.6 Å². The fourth-order valence-electron chi connectivity index (χ4n) is 1.70. The second kappa shape index (κ2) is 10.1. The molecule has 0 aliphatic rings. The van der Waals surface area contributed by atoms with E-state index in [-0.39, 0.29) is 6.42 Å². The fourth-order valence-corrected chi connectivity index (χ4v) is 1.70. The minimum absolute atomic E-state index is 0.214. The Morgan fingerprint density at radius 3 is 2.09 bits per heavy atom. The molecule has 0 aromatic rings. The number of aliphatic hydroxyl groups excluding tert-OH is 1. The minimum Gasteiger partial charge on any atom is -0.480 e. The van der Waals surface area contributed by atoms with E-state index in [1.807, 2.05) is 0 Å². The van der Waals surface area contributed by atoms with Crippen molar-refractivity contribution in [1.29, 1.82) is 0 Å². The predicted octanol–water partition coefficient (Wildman–Crippen LogP) is -2.10. The van der Waals surface area contributed by atoms with Crippen molar-refractivity contribution in [3.05, 3.63) is 0 Å². The number of nitrogens with two attached hydrogens (primary N) is 2. The molecule has 128 valence electrons. The average molecular weight is 318 g/mol. The molecule has 0 radical (unpaired) electrons. The van der Waals surface area contributed by atoms with Crippen LogP contribution in [0.4, 0.5) is 0 Å². The van der Waals surface area contributed by atoms with Gasteiger partial charge in [0.15, 0.2) is 0 Å². The third-order valence-electron chi connectivity index (χ3n) is 3.04. The van der Waals surface area contributed by atoms with Gasteiger partial charge in [-0.3, -0.25) is 9.59 Å². The van der Waals surface area contributed by atoms with Crippen molar-refractivity contribution >= 4 is 17.8 Å². The number of carbonyl (C=O) groups excluding carboxylic acids is 2. The first-order chi connectivity index (χ1) is 10.2. The number of amides is 2. The van der Waals surface area contributed by atoms with Crippen molar-refractivity contribution < 1.29 is 24.6 Å². The highest BCUT2D eigenvalue weighted by molar-refractivity contribution is 5.92. The summed E-state index contributed by atoms with van der Waals surface area (Å²) < 4.78 is 0. The number of hydrogen-bond donors (Lipinski definition) is 6. The van der Waals surface area contributed by atoms with E-state index in [4.69, 9.17) is 16.6 Å². The lowest BCUT2D eigenvalue weighted by atomic mass is 10.1. The van der Waals surface area contributed by atoms with Gasteiger partial charge in [0, 0.05) is 0 Å². The highest BCUT2D eigenvalue weighted by atomic mass is 16.4. The van der Waals surface area contributed by atoms with Crippen LogP contribution in [0.3, 0.4) is 0 Å². The topological polar surface area (TPSA) is 168 Å². The lowest BCUT2D eigenvalue weighted by Crippen LogP contribution is -2.57. The van der Waals surface area contributed by atoms with Crippen LogP contribution in [0.5, 0.6) is 0 Å². The molecular weight excluding hydrogens is 292 g/mol. The van der Waals surface area contributed by atoms with E-state index in [0.717, 1.165) is 0 Å². The molecule has 4 atom stereocenters. The summed E-state index contributed by atoms with van der Waals surface area (Å²) in [4.78, 5) is 34.7. The van der Waals surface area contributed by atoms with E-state index >= 15 is 0 Å². The van der Waals surface area contributed by atoms with Gasteiger partial charge in [0.1, 0.15) is 12.1 Å². The Morgan fingerprint density at radius 2 is 1.68 bits per heavy atom. The summed E-state index contributed by atoms with van der Waals surface area (Å²) in [7, 11) is 0. The Morgan fingerprint density at radius 1 is 1.09 bits per heavy atom. The number of unbranched alkanes of at least 4 members (excludes halogenated alkanes) is 1. The van der Waals surface area contributed by atoms with Crippen molar-refractivity contribution in [2.45, 2.75) is 57.3 Å². The highest BCUT2D eigenvalue weighted by Crippen LogP contribution is 2.03. The molecule has 0 aliphatic carbocycles. The third-order valence-corrected chi connectivity index (χ3v) is 3.04. The summed E-state index contributed by atoms with van der Waals surface area (Å²) in [5, 5.41) is 23.3. The molecule has 0 aromatic heterocycles. The molecule has 0 spiro atoms. The first-order valence-corrected chi connectivity index (χ1v) is 7.18. The number of aliphatic carboxylic acids is 1. The highest BCUT2D eigenvalue weighted by Gasteiger charge is 2.29. The molecule has 0 unspecified atom stereocenters. The monoisotopic (exact) mass is 318 g/mol. The summed E-state index contributed by atoms with van der Waals surface area (Å²) in [6.07, 6.45) is 0.202. The van der Waals surface area contributed by atoms with Crippen LogP contribution in [-0.4, -0.2) is 58.8 Å². The number of rotatable bonds is 10. The van der Waals surface area contributed by atoms with Gasteiger partial charge in [0.25, 0.3) is 0 Å². The van der Waals surface area contributed by atoms with Gasteiger partial charge in [0.2, 0.25) is 11.8 Å². The maximum atomic E-state index is 12.1. The molecule has 8 N–H and O–H groups in total. The molecule has 0 fully saturated rings. The summed E-state index contributed by atoms with van der Waals surface area (Å²) in [6.45, 7) is 3.18. The Kier molecular flexibility index (Phi) is 9.31. The number of carbonyl (C=O) groups is 3. The van der Waals surface area contributed by atoms with E-state index in [0.29, 0.717) is 19.4 Å². The number of hydrogen-bond acceptors (Lipinski definition) is 6. The summed E-state index contributed by atoms with van der Waals surface area (Å²) in [6, 6.07) is -3.23. The second-order valence-corrected chi connectivity index (χ2v) is 5.20. The lowest BCUT2D eigenvalue weighted by molar-refractivity contribution is -0.143. The molecule has 0 saturated carbocycles. The van der Waals surface area contributed by atoms with Crippen LogP contribution in [0.25, 0.3) is 0 Å². The van der Waals surface area contributed by atoms with E-state index in [9.17, 15) is 19.5 Å². The standard InChI is InChI=1S/C13H26N4O5/c1-7(15)11(19)17-10(8(2)18)12(20)16-9(13(21)22)5-3-4-6-14/h7-10,18H,3-6,14-15H2,1-2H3,(H,16,20)(H,17,19)(H,21,22)/t7-,8+,9-,10-/m0/s1. The zero-order valence-corrected chi connectivity index (χ0v) is 12.9. The van der Waals surface area contributed by atoms with Crippen molar-refractivity contribution in [2.24, 2.45) is 11.5 Å². The second-order valence-electron chi connectivity index (χ2n) is 5.20. The number of carboxylic acids is 1. The Bertz CT molecular complexity index is 387. The van der Waals surface area contributed by atoms with Gasteiger partial charge in [-0.2, -0.15) is 0 Å². The van der Waals surface area contributed by atoms with E-state index in [1.54, 1.807) is 0 Å². The molecule has 0 rings (SSSR count). The molecule has 9 nitrogen and oxygen atoms in total. The average Bonchev–Trinajstić information content (AvgIpc) is 2.42. The number of nitrogens with one attached hydrogen (secondary N) is 2. The van der Waals surface area contributed by atoms with Crippen LogP contribution in [0.15, 0.2) is 0 Å². The first kappa shape index (κ1) is 20.3. The van der Waals surface area contributed by atoms with Crippen LogP contribution >= 0.6 is 0 Å². The van der Waals surface area contributed by atoms with Gasteiger partial charge in [-0.25, -0.2) is 4.79 Å². The van der Waals surface area contributed by atoms with Crippen molar-refractivity contribution in [2.75, 3.05) is 6.54 Å². The largest absolute Gasteiger partial charge is 0.480 e. The smallest absolute Gasteiger partial charge is 0.326 e. The van der Waals surface area contributed by atoms with Crippen LogP contribution < -0.4 is 22.1 Å². The maximum Gasteiger partial charge on any atom is 0.326 e. The molecule has 0 aromatic carbocycles. The maximum absolute atomic E-state index is 12.1. The molecular formula is C13H26N4O5. The van der Waals surface area contributed by atoms with Gasteiger partial charge < -0.3 is 32.3 Å². The first-order valence-electron chi connectivity index (χ1n) is 7.18. The molecule has 2 amide bonds. The van der Waals surface area contributed by atoms with Crippen LogP contribution in [0.2, 0.25) is 0 Å². The fraction of sp³-hybridized carbons (Fsp3) is 0.769. The van der Waals surface area contributed by atoms with E-state index in [1.165, 1.54) is 13.8 Å². The van der Waals surface area contributed by atoms with E-state index < -0.39 is 42.0 Å². The van der Waals surface area contributed by atoms with E-state index in [2.05, 4.69) is 10.6 Å². The predicted molar refractivity (Wildman–Crippen MR) is 79.7 cm³/mol. The molecule has 0 bridgehead atoms. The molecule has 9 heteroatoms. The molecule has 0 heterocycles. The third kappa shape index (κ3) is 7.34. The Labute approximate surface area is 129 Å².